The Labute approximate surface area is 158 Å². The van der Waals surface area contributed by atoms with Crippen molar-refractivity contribution < 1.29 is 24.2 Å². The van der Waals surface area contributed by atoms with Gasteiger partial charge in [0.15, 0.2) is 0 Å². The summed E-state index contributed by atoms with van der Waals surface area (Å²) in [7, 11) is 5.14. The highest BCUT2D eigenvalue weighted by molar-refractivity contribution is 5.77. The molecule has 0 aliphatic carbocycles. The first-order valence-electron chi connectivity index (χ1n) is 9.06. The van der Waals surface area contributed by atoms with Crippen LogP contribution < -0.4 is 0 Å². The van der Waals surface area contributed by atoms with Crippen molar-refractivity contribution in [1.82, 2.24) is 29.4 Å². The third kappa shape index (κ3) is 2.27. The molecule has 5 heterocycles. The Morgan fingerprint density at radius 1 is 0.778 bits per heavy atom. The molecule has 0 aromatic rings. The van der Waals surface area contributed by atoms with Crippen LogP contribution in [0.15, 0.2) is 0 Å². The van der Waals surface area contributed by atoms with E-state index in [2.05, 4.69) is 14.7 Å². The lowest BCUT2D eigenvalue weighted by Crippen LogP contribution is -2.73. The topological polar surface area (TPSA) is 92.3 Å². The zero-order chi connectivity index (χ0) is 19.6. The van der Waals surface area contributed by atoms with Gasteiger partial charge in [-0.25, -0.2) is 14.7 Å². The highest BCUT2D eigenvalue weighted by Gasteiger charge is 2.72. The third-order valence-corrected chi connectivity index (χ3v) is 6.26. The van der Waals surface area contributed by atoms with Crippen LogP contribution in [0.25, 0.3) is 0 Å². The largest absolute Gasteiger partial charge is 0.381 e. The summed E-state index contributed by atoms with van der Waals surface area (Å²) in [6.45, 7) is 3.44. The van der Waals surface area contributed by atoms with Crippen LogP contribution in [-0.4, -0.2) is 125 Å². The van der Waals surface area contributed by atoms with Gasteiger partial charge in [-0.2, -0.15) is 0 Å². The number of methoxy groups -OCH3 is 2. The molecule has 5 saturated heterocycles. The van der Waals surface area contributed by atoms with E-state index in [1.54, 1.807) is 28.1 Å². The molecule has 5 aliphatic rings. The Kier molecular flexibility index (Phi) is 4.66. The van der Waals surface area contributed by atoms with Gasteiger partial charge in [-0.1, -0.05) is 0 Å². The molecule has 0 aromatic carbocycles. The molecule has 152 valence electrons. The van der Waals surface area contributed by atoms with Gasteiger partial charge in [0, 0.05) is 28.1 Å². The fourth-order valence-corrected chi connectivity index (χ4v) is 5.57. The van der Waals surface area contributed by atoms with Crippen molar-refractivity contribution in [1.29, 1.82) is 0 Å². The van der Waals surface area contributed by atoms with Crippen molar-refractivity contribution in [3.8, 4) is 0 Å². The summed E-state index contributed by atoms with van der Waals surface area (Å²) in [4.78, 5) is 37.1. The lowest BCUT2D eigenvalue weighted by Gasteiger charge is -2.53. The molecular weight excluding hydrogens is 356 g/mol. The molecule has 5 rings (SSSR count). The molecule has 6 atom stereocenters. The Balaban J connectivity index is 1.94. The van der Waals surface area contributed by atoms with Crippen LogP contribution in [0.1, 0.15) is 13.8 Å². The minimum absolute atomic E-state index is 0.0785. The van der Waals surface area contributed by atoms with Gasteiger partial charge in [0.1, 0.15) is 50.5 Å². The molecule has 6 unspecified atom stereocenters. The fourth-order valence-electron chi connectivity index (χ4n) is 5.57. The maximum atomic E-state index is 12.7. The van der Waals surface area contributed by atoms with Crippen LogP contribution in [0.4, 0.5) is 0 Å². The second-order valence-corrected chi connectivity index (χ2v) is 7.52. The van der Waals surface area contributed by atoms with Crippen LogP contribution in [-0.2, 0) is 19.1 Å². The van der Waals surface area contributed by atoms with E-state index in [1.807, 2.05) is 21.7 Å². The van der Waals surface area contributed by atoms with E-state index >= 15 is 0 Å². The summed E-state index contributed by atoms with van der Waals surface area (Å²) in [6.07, 6.45) is -1.85. The quantitative estimate of drug-likeness (QED) is 0.561. The maximum absolute atomic E-state index is 12.7. The standard InChI is InChI=1S/C16H28N6O5/c1-9(24)21-11-13-18(6-23)14-12(17(11)3)22(10(2)25)16(20(14)8-27-5)15(21)19(13)7-26-4/h11-16,23H,6-8H2,1-5H3. The normalized spacial score (nSPS) is 39.0. The van der Waals surface area contributed by atoms with Crippen LogP contribution in [0, 0.1) is 0 Å². The number of carbonyl (C=O) groups excluding carboxylic acids is 2. The van der Waals surface area contributed by atoms with E-state index in [-0.39, 0.29) is 56.7 Å². The second-order valence-electron chi connectivity index (χ2n) is 7.52. The second kappa shape index (κ2) is 6.62. The SMILES string of the molecule is COCN1C2C3N(C)C4C(N2CO)N(COC)C(C1N3C(C)=O)N4C(C)=O. The molecule has 5 aliphatic heterocycles. The average molecular weight is 384 g/mol. The summed E-state index contributed by atoms with van der Waals surface area (Å²) in [6, 6.07) is 0. The number of aliphatic hydroxyl groups is 1. The molecule has 27 heavy (non-hydrogen) atoms. The Hall–Kier alpha value is -1.34. The summed E-state index contributed by atoms with van der Waals surface area (Å²) in [5, 5.41) is 10.3. The lowest BCUT2D eigenvalue weighted by atomic mass is 10.1. The van der Waals surface area contributed by atoms with Gasteiger partial charge in [-0.3, -0.25) is 14.5 Å². The van der Waals surface area contributed by atoms with Crippen LogP contribution in [0.5, 0.6) is 0 Å². The van der Waals surface area contributed by atoms with E-state index in [9.17, 15) is 14.7 Å². The first kappa shape index (κ1) is 19.0. The van der Waals surface area contributed by atoms with E-state index in [0.717, 1.165) is 0 Å². The van der Waals surface area contributed by atoms with Crippen molar-refractivity contribution in [2.45, 2.75) is 50.8 Å². The Morgan fingerprint density at radius 2 is 1.19 bits per heavy atom. The van der Waals surface area contributed by atoms with Gasteiger partial charge in [0.25, 0.3) is 0 Å². The van der Waals surface area contributed by atoms with Crippen molar-refractivity contribution in [3.63, 3.8) is 0 Å². The van der Waals surface area contributed by atoms with E-state index < -0.39 is 12.3 Å². The van der Waals surface area contributed by atoms with Crippen LogP contribution in [0.3, 0.4) is 0 Å². The highest BCUT2D eigenvalue weighted by atomic mass is 16.5. The molecule has 0 spiro atoms. The van der Waals surface area contributed by atoms with Crippen LogP contribution in [0.2, 0.25) is 0 Å². The number of ether oxygens (including phenoxy) is 2. The molecule has 0 saturated carbocycles. The molecule has 1 N–H and O–H groups in total. The van der Waals surface area contributed by atoms with Gasteiger partial charge in [-0.05, 0) is 7.05 Å². The van der Waals surface area contributed by atoms with Gasteiger partial charge in [-0.15, -0.1) is 0 Å². The number of piperazine rings is 1. The predicted molar refractivity (Wildman–Crippen MR) is 91.9 cm³/mol. The van der Waals surface area contributed by atoms with Crippen molar-refractivity contribution >= 4 is 11.8 Å². The van der Waals surface area contributed by atoms with Crippen molar-refractivity contribution in [2.75, 3.05) is 41.5 Å². The van der Waals surface area contributed by atoms with E-state index in [0.29, 0.717) is 0 Å². The zero-order valence-electron chi connectivity index (χ0n) is 16.3. The van der Waals surface area contributed by atoms with Gasteiger partial charge < -0.3 is 24.4 Å². The molecule has 6 bridgehead atoms. The third-order valence-electron chi connectivity index (χ3n) is 6.26. The number of carbonyl (C=O) groups is 2. The fraction of sp³-hybridized carbons (Fsp3) is 0.875. The van der Waals surface area contributed by atoms with Crippen LogP contribution >= 0.6 is 0 Å². The minimum Gasteiger partial charge on any atom is -0.381 e. The first-order chi connectivity index (χ1) is 12.9. The van der Waals surface area contributed by atoms with E-state index in [4.69, 9.17) is 9.47 Å². The number of rotatable bonds is 5. The average Bonchev–Trinajstić information content (AvgIpc) is 3.05. The van der Waals surface area contributed by atoms with Crippen molar-refractivity contribution in [2.24, 2.45) is 0 Å². The lowest BCUT2D eigenvalue weighted by molar-refractivity contribution is -0.185. The van der Waals surface area contributed by atoms with E-state index in [1.165, 1.54) is 0 Å². The number of nitrogens with zero attached hydrogens (tertiary/aromatic N) is 6. The molecule has 11 nitrogen and oxygen atoms in total. The number of hydrogen-bond acceptors (Lipinski definition) is 9. The summed E-state index contributed by atoms with van der Waals surface area (Å²) in [5.41, 5.74) is 0. The van der Waals surface area contributed by atoms with Gasteiger partial charge in [0.2, 0.25) is 11.8 Å². The predicted octanol–water partition coefficient (Wildman–Crippen LogP) is -2.31. The summed E-state index contributed by atoms with van der Waals surface area (Å²) >= 11 is 0. The van der Waals surface area contributed by atoms with Gasteiger partial charge in [0.05, 0.1) is 6.73 Å². The molecule has 0 aromatic heterocycles. The highest BCUT2D eigenvalue weighted by Crippen LogP contribution is 2.50. The number of amides is 2. The first-order valence-corrected chi connectivity index (χ1v) is 9.06. The maximum Gasteiger partial charge on any atom is 0.222 e. The number of hydrogen-bond donors (Lipinski definition) is 1. The smallest absolute Gasteiger partial charge is 0.222 e. The van der Waals surface area contributed by atoms with Gasteiger partial charge >= 0.3 is 0 Å². The molecular formula is C16H28N6O5. The Bertz CT molecular complexity index is 586. The minimum atomic E-state index is -0.398. The number of likely N-dealkylation sites (N-methyl/N-ethyl adjacent to an activating group) is 1. The van der Waals surface area contributed by atoms with Crippen molar-refractivity contribution in [3.05, 3.63) is 0 Å². The number of aliphatic hydroxyl groups excluding tert-OH is 1. The Morgan fingerprint density at radius 3 is 1.48 bits per heavy atom. The molecule has 11 heteroatoms. The summed E-state index contributed by atoms with van der Waals surface area (Å²) < 4.78 is 10.9. The summed E-state index contributed by atoms with van der Waals surface area (Å²) in [5.74, 6) is -0.157. The molecule has 2 amide bonds. The monoisotopic (exact) mass is 384 g/mol. The molecule has 5 fully saturated rings. The molecule has 0 radical (unpaired) electrons. The zero-order valence-corrected chi connectivity index (χ0v) is 16.3.